The Morgan fingerprint density at radius 2 is 1.75 bits per heavy atom. The highest BCUT2D eigenvalue weighted by atomic mass is 19.4. The van der Waals surface area contributed by atoms with Gasteiger partial charge in [0.2, 0.25) is 0 Å². The molecule has 0 aromatic heterocycles. The summed E-state index contributed by atoms with van der Waals surface area (Å²) in [5.74, 6) is 0.205. The van der Waals surface area contributed by atoms with Crippen LogP contribution in [0.4, 0.5) is 18.0 Å². The van der Waals surface area contributed by atoms with Crippen LogP contribution in [0.5, 0.6) is 5.75 Å². The standard InChI is InChI=1S/C26H31F3N2O5/c1-4-35-23(32)22(34-3)15-18-7-11-21(12-8-18)36-14-13-25(17-30-24(33)31(25)2)16-19-5-9-20(10-6-19)26(27,28)29/h5-12,22H,4,13-17H2,1-3H3,(H,30,33). The number of hydrogen-bond acceptors (Lipinski definition) is 5. The molecular weight excluding hydrogens is 477 g/mol. The highest BCUT2D eigenvalue weighted by Gasteiger charge is 2.43. The molecule has 1 heterocycles. The summed E-state index contributed by atoms with van der Waals surface area (Å²) in [7, 11) is 3.14. The largest absolute Gasteiger partial charge is 0.494 e. The fourth-order valence-electron chi connectivity index (χ4n) is 4.20. The number of esters is 1. The molecule has 0 aliphatic carbocycles. The van der Waals surface area contributed by atoms with Crippen LogP contribution >= 0.6 is 0 Å². The zero-order valence-corrected chi connectivity index (χ0v) is 20.6. The molecular formula is C26H31F3N2O5. The Bertz CT molecular complexity index is 1030. The molecule has 0 radical (unpaired) electrons. The smallest absolute Gasteiger partial charge is 0.416 e. The van der Waals surface area contributed by atoms with E-state index in [0.717, 1.165) is 17.7 Å². The van der Waals surface area contributed by atoms with Gasteiger partial charge in [-0.25, -0.2) is 9.59 Å². The minimum atomic E-state index is -4.40. The zero-order chi connectivity index (χ0) is 26.3. The first-order valence-corrected chi connectivity index (χ1v) is 11.7. The van der Waals surface area contributed by atoms with Gasteiger partial charge in [0.15, 0.2) is 6.10 Å². The zero-order valence-electron chi connectivity index (χ0n) is 20.6. The van der Waals surface area contributed by atoms with Gasteiger partial charge < -0.3 is 24.4 Å². The van der Waals surface area contributed by atoms with E-state index in [0.29, 0.717) is 43.7 Å². The molecule has 0 bridgehead atoms. The van der Waals surface area contributed by atoms with Gasteiger partial charge >= 0.3 is 18.2 Å². The van der Waals surface area contributed by atoms with Gasteiger partial charge in [0, 0.05) is 33.5 Å². The molecule has 196 valence electrons. The monoisotopic (exact) mass is 508 g/mol. The molecule has 0 saturated carbocycles. The van der Waals surface area contributed by atoms with Crippen LogP contribution in [-0.2, 0) is 33.3 Å². The SMILES string of the molecule is CCOC(=O)C(Cc1ccc(OCCC2(Cc3ccc(C(F)(F)F)cc3)CNC(=O)N2C)cc1)OC. The van der Waals surface area contributed by atoms with E-state index in [-0.39, 0.29) is 12.6 Å². The minimum Gasteiger partial charge on any atom is -0.494 e. The van der Waals surface area contributed by atoms with Crippen molar-refractivity contribution >= 4 is 12.0 Å². The summed E-state index contributed by atoms with van der Waals surface area (Å²) in [6.45, 7) is 2.67. The van der Waals surface area contributed by atoms with E-state index >= 15 is 0 Å². The number of nitrogens with zero attached hydrogens (tertiary/aromatic N) is 1. The van der Waals surface area contributed by atoms with E-state index in [1.807, 2.05) is 12.1 Å². The number of benzene rings is 2. The molecule has 0 spiro atoms. The molecule has 2 aromatic rings. The molecule has 2 atom stereocenters. The van der Waals surface area contributed by atoms with E-state index in [4.69, 9.17) is 14.2 Å². The summed E-state index contributed by atoms with van der Waals surface area (Å²) in [5, 5.41) is 2.82. The second kappa shape index (κ2) is 11.6. The first kappa shape index (κ1) is 27.3. The molecule has 1 saturated heterocycles. The number of halogens is 3. The number of alkyl halides is 3. The maximum Gasteiger partial charge on any atom is 0.416 e. The normalized spacial score (nSPS) is 18.6. The van der Waals surface area contributed by atoms with E-state index in [1.54, 1.807) is 31.0 Å². The van der Waals surface area contributed by atoms with Gasteiger partial charge in [-0.1, -0.05) is 24.3 Å². The molecule has 2 amide bonds. The topological polar surface area (TPSA) is 77.1 Å². The van der Waals surface area contributed by atoms with Gasteiger partial charge in [0.1, 0.15) is 5.75 Å². The van der Waals surface area contributed by atoms with Crippen molar-refractivity contribution in [1.29, 1.82) is 0 Å². The van der Waals surface area contributed by atoms with E-state index in [2.05, 4.69) is 5.32 Å². The number of amides is 2. The van der Waals surface area contributed by atoms with Crippen LogP contribution in [-0.4, -0.2) is 62.5 Å². The van der Waals surface area contributed by atoms with Crippen LogP contribution in [0.25, 0.3) is 0 Å². The number of nitrogens with one attached hydrogen (secondary N) is 1. The fourth-order valence-corrected chi connectivity index (χ4v) is 4.20. The maximum absolute atomic E-state index is 12.9. The quantitative estimate of drug-likeness (QED) is 0.460. The Balaban J connectivity index is 1.62. The van der Waals surface area contributed by atoms with Gasteiger partial charge in [-0.3, -0.25) is 0 Å². The fraction of sp³-hybridized carbons (Fsp3) is 0.462. The van der Waals surface area contributed by atoms with Gasteiger partial charge in [-0.15, -0.1) is 0 Å². The van der Waals surface area contributed by atoms with E-state index < -0.39 is 29.4 Å². The number of ether oxygens (including phenoxy) is 3. The number of carbonyl (C=O) groups excluding carboxylic acids is 2. The summed E-state index contributed by atoms with van der Waals surface area (Å²) in [4.78, 5) is 25.7. The third-order valence-electron chi connectivity index (χ3n) is 6.41. The van der Waals surface area contributed by atoms with Crippen LogP contribution in [0.1, 0.15) is 30.0 Å². The van der Waals surface area contributed by atoms with Crippen molar-refractivity contribution in [2.75, 3.05) is 33.9 Å². The molecule has 1 aliphatic heterocycles. The van der Waals surface area contributed by atoms with Crippen LogP contribution in [0.15, 0.2) is 48.5 Å². The van der Waals surface area contributed by atoms with Crippen molar-refractivity contribution in [2.45, 2.75) is 44.0 Å². The Morgan fingerprint density at radius 1 is 1.11 bits per heavy atom. The third kappa shape index (κ3) is 6.69. The predicted molar refractivity (Wildman–Crippen MR) is 127 cm³/mol. The number of hydrogen-bond donors (Lipinski definition) is 1. The molecule has 1 N–H and O–H groups in total. The number of urea groups is 1. The minimum absolute atomic E-state index is 0.236. The summed E-state index contributed by atoms with van der Waals surface area (Å²) in [6, 6.07) is 12.0. The second-order valence-corrected chi connectivity index (χ2v) is 8.74. The van der Waals surface area contributed by atoms with Crippen molar-refractivity contribution in [3.05, 3.63) is 65.2 Å². The summed E-state index contributed by atoms with van der Waals surface area (Å²) >= 11 is 0. The number of likely N-dealkylation sites (N-methyl/N-ethyl adjacent to an activating group) is 1. The van der Waals surface area contributed by atoms with Gasteiger partial charge in [0.25, 0.3) is 0 Å². The van der Waals surface area contributed by atoms with Crippen molar-refractivity contribution < 1.29 is 37.0 Å². The third-order valence-corrected chi connectivity index (χ3v) is 6.41. The van der Waals surface area contributed by atoms with E-state index in [9.17, 15) is 22.8 Å². The van der Waals surface area contributed by atoms with Crippen LogP contribution < -0.4 is 10.1 Å². The lowest BCUT2D eigenvalue weighted by atomic mass is 9.87. The van der Waals surface area contributed by atoms with Crippen LogP contribution in [0.2, 0.25) is 0 Å². The molecule has 2 unspecified atom stereocenters. The van der Waals surface area contributed by atoms with Crippen molar-refractivity contribution in [2.24, 2.45) is 0 Å². The predicted octanol–water partition coefficient (Wildman–Crippen LogP) is 4.23. The summed E-state index contributed by atoms with van der Waals surface area (Å²) < 4.78 is 54.9. The van der Waals surface area contributed by atoms with Crippen molar-refractivity contribution in [1.82, 2.24) is 10.2 Å². The first-order valence-electron chi connectivity index (χ1n) is 11.7. The summed E-state index contributed by atoms with van der Waals surface area (Å²) in [5.41, 5.74) is 0.235. The van der Waals surface area contributed by atoms with E-state index in [1.165, 1.54) is 19.2 Å². The molecule has 3 rings (SSSR count). The Labute approximate surface area is 208 Å². The van der Waals surface area contributed by atoms with Crippen LogP contribution in [0, 0.1) is 0 Å². The highest BCUT2D eigenvalue weighted by molar-refractivity contribution is 5.77. The molecule has 10 heteroatoms. The maximum atomic E-state index is 12.9. The molecule has 1 aliphatic rings. The number of rotatable bonds is 11. The van der Waals surface area contributed by atoms with Gasteiger partial charge in [-0.2, -0.15) is 13.2 Å². The molecule has 36 heavy (non-hydrogen) atoms. The Kier molecular flexibility index (Phi) is 8.84. The average molecular weight is 509 g/mol. The highest BCUT2D eigenvalue weighted by Crippen LogP contribution is 2.32. The van der Waals surface area contributed by atoms with Crippen molar-refractivity contribution in [3.63, 3.8) is 0 Å². The number of methoxy groups -OCH3 is 1. The van der Waals surface area contributed by atoms with Gasteiger partial charge in [0.05, 0.1) is 24.3 Å². The summed E-state index contributed by atoms with van der Waals surface area (Å²) in [6.07, 6.45) is -3.87. The Hall–Kier alpha value is -3.27. The number of carbonyl (C=O) groups is 2. The second-order valence-electron chi connectivity index (χ2n) is 8.74. The Morgan fingerprint density at radius 3 is 2.28 bits per heavy atom. The molecule has 1 fully saturated rings. The lowest BCUT2D eigenvalue weighted by molar-refractivity contribution is -0.154. The molecule has 7 nitrogen and oxygen atoms in total. The van der Waals surface area contributed by atoms with Gasteiger partial charge in [-0.05, 0) is 48.7 Å². The van der Waals surface area contributed by atoms with Crippen molar-refractivity contribution in [3.8, 4) is 5.75 Å². The first-order chi connectivity index (χ1) is 17.1. The van der Waals surface area contributed by atoms with Crippen LogP contribution in [0.3, 0.4) is 0 Å². The lowest BCUT2D eigenvalue weighted by Crippen LogP contribution is -2.48. The lowest BCUT2D eigenvalue weighted by Gasteiger charge is -2.35. The molecule has 2 aromatic carbocycles. The average Bonchev–Trinajstić information content (AvgIpc) is 3.12.